The molecule has 1 aromatic heterocycles. The minimum absolute atomic E-state index is 0.308. The lowest BCUT2D eigenvalue weighted by Crippen LogP contribution is -2.82. The number of ether oxygens (including phenoxy) is 1. The Labute approximate surface area is 106 Å². The molecule has 0 saturated heterocycles. The van der Waals surface area contributed by atoms with Crippen LogP contribution in [0.4, 0.5) is 4.39 Å². The zero-order valence-electron chi connectivity index (χ0n) is 10.1. The van der Waals surface area contributed by atoms with Crippen molar-refractivity contribution in [3.05, 3.63) is 54.2 Å². The molecule has 0 fully saturated rings. The van der Waals surface area contributed by atoms with E-state index in [-0.39, 0.29) is 5.82 Å². The maximum atomic E-state index is 13.2. The van der Waals surface area contributed by atoms with Crippen LogP contribution in [-0.4, -0.2) is 13.2 Å². The van der Waals surface area contributed by atoms with Crippen LogP contribution in [0.1, 0.15) is 12.2 Å². The second kappa shape index (κ2) is 6.81. The molecule has 0 aliphatic heterocycles. The zero-order valence-corrected chi connectivity index (χ0v) is 10.1. The molecule has 0 amide bonds. The predicted molar refractivity (Wildman–Crippen MR) is 65.7 cm³/mol. The summed E-state index contributed by atoms with van der Waals surface area (Å²) >= 11 is 0. The molecule has 0 aliphatic carbocycles. The van der Waals surface area contributed by atoms with Crippen LogP contribution in [0, 0.1) is 5.82 Å². The van der Waals surface area contributed by atoms with E-state index in [1.165, 1.54) is 6.07 Å². The number of benzene rings is 1. The van der Waals surface area contributed by atoms with Crippen LogP contribution < -0.4 is 10.1 Å². The first kappa shape index (κ1) is 12.6. The molecule has 1 heterocycles. The fourth-order valence-corrected chi connectivity index (χ4v) is 1.64. The van der Waals surface area contributed by atoms with Crippen molar-refractivity contribution in [3.63, 3.8) is 0 Å². The smallest absolute Gasteiger partial charge is 0.165 e. The number of hydrogen-bond donors (Lipinski definition) is 1. The second-order valence-corrected chi connectivity index (χ2v) is 3.99. The van der Waals surface area contributed by atoms with Crippen LogP contribution >= 0.6 is 0 Å². The van der Waals surface area contributed by atoms with Crippen molar-refractivity contribution in [2.75, 3.05) is 13.2 Å². The Kier molecular flexibility index (Phi) is 4.78. The molecule has 2 aromatic rings. The molecule has 0 saturated carbocycles. The van der Waals surface area contributed by atoms with Gasteiger partial charge in [-0.25, -0.2) is 4.39 Å². The van der Waals surface area contributed by atoms with Gasteiger partial charge in [0.2, 0.25) is 0 Å². The quantitative estimate of drug-likeness (QED) is 0.763. The normalized spacial score (nSPS) is 10.5. The molecule has 96 valence electrons. The Morgan fingerprint density at radius 1 is 1.17 bits per heavy atom. The number of quaternary nitrogens is 1. The molecule has 0 aliphatic rings. The number of hydrogen-bond acceptors (Lipinski definition) is 2. The highest BCUT2D eigenvalue weighted by Crippen LogP contribution is 2.15. The lowest BCUT2D eigenvalue weighted by atomic mass is 10.3. The van der Waals surface area contributed by atoms with Crippen molar-refractivity contribution in [1.29, 1.82) is 0 Å². The molecule has 3 nitrogen and oxygen atoms in total. The summed E-state index contributed by atoms with van der Waals surface area (Å²) in [6.45, 7) is 2.28. The van der Waals surface area contributed by atoms with Gasteiger partial charge in [-0.1, -0.05) is 12.1 Å². The summed E-state index contributed by atoms with van der Waals surface area (Å²) in [6.07, 6.45) is 2.54. The predicted octanol–water partition coefficient (Wildman–Crippen LogP) is 1.95. The van der Waals surface area contributed by atoms with E-state index < -0.39 is 0 Å². The largest absolute Gasteiger partial charge is 0.490 e. The molecular formula is C14H17FNO2+. The molecule has 0 unspecified atom stereocenters. The molecule has 18 heavy (non-hydrogen) atoms. The van der Waals surface area contributed by atoms with Crippen LogP contribution in [0.3, 0.4) is 0 Å². The van der Waals surface area contributed by atoms with Gasteiger partial charge in [0.1, 0.15) is 6.54 Å². The molecule has 4 heteroatoms. The lowest BCUT2D eigenvalue weighted by molar-refractivity contribution is -0.672. The summed E-state index contributed by atoms with van der Waals surface area (Å²) in [7, 11) is 0. The van der Waals surface area contributed by atoms with E-state index in [2.05, 4.69) is 5.32 Å². The number of para-hydroxylation sites is 1. The lowest BCUT2D eigenvalue weighted by Gasteiger charge is -2.06. The number of nitrogens with two attached hydrogens (primary N) is 1. The van der Waals surface area contributed by atoms with Gasteiger partial charge in [-0.15, -0.1) is 0 Å². The summed E-state index contributed by atoms with van der Waals surface area (Å²) in [5.41, 5.74) is 0. The zero-order chi connectivity index (χ0) is 12.6. The van der Waals surface area contributed by atoms with Gasteiger partial charge in [-0.3, -0.25) is 0 Å². The third-order valence-electron chi connectivity index (χ3n) is 2.57. The van der Waals surface area contributed by atoms with Crippen molar-refractivity contribution in [2.24, 2.45) is 0 Å². The van der Waals surface area contributed by atoms with Gasteiger partial charge >= 0.3 is 0 Å². The first-order valence-electron chi connectivity index (χ1n) is 6.07. The highest BCUT2D eigenvalue weighted by atomic mass is 19.1. The molecule has 2 N–H and O–H groups in total. The van der Waals surface area contributed by atoms with Gasteiger partial charge in [0.25, 0.3) is 0 Å². The van der Waals surface area contributed by atoms with Crippen molar-refractivity contribution in [1.82, 2.24) is 0 Å². The van der Waals surface area contributed by atoms with Gasteiger partial charge < -0.3 is 14.5 Å². The Morgan fingerprint density at radius 3 is 2.83 bits per heavy atom. The summed E-state index contributed by atoms with van der Waals surface area (Å²) in [5, 5.41) is 2.14. The van der Waals surface area contributed by atoms with Crippen molar-refractivity contribution >= 4 is 0 Å². The Bertz CT molecular complexity index is 457. The number of furan rings is 1. The standard InChI is InChI=1S/C14H16FNO2/c15-13-6-1-2-7-14(13)18-10-4-8-16-11-12-5-3-9-17-12/h1-3,5-7,9,16H,4,8,10-11H2/p+1. The summed E-state index contributed by atoms with van der Waals surface area (Å²) in [6, 6.07) is 10.3. The number of halogens is 1. The van der Waals surface area contributed by atoms with E-state index in [1.807, 2.05) is 12.1 Å². The van der Waals surface area contributed by atoms with Crippen LogP contribution in [-0.2, 0) is 6.54 Å². The highest BCUT2D eigenvalue weighted by molar-refractivity contribution is 5.23. The summed E-state index contributed by atoms with van der Waals surface area (Å²) in [5.74, 6) is 0.977. The van der Waals surface area contributed by atoms with Crippen molar-refractivity contribution in [2.45, 2.75) is 13.0 Å². The van der Waals surface area contributed by atoms with E-state index in [0.717, 1.165) is 25.3 Å². The van der Waals surface area contributed by atoms with Gasteiger partial charge in [0.15, 0.2) is 17.3 Å². The first-order valence-corrected chi connectivity index (χ1v) is 6.07. The SMILES string of the molecule is Fc1ccccc1OCCC[NH2+]Cc1ccco1. The molecule has 0 bridgehead atoms. The second-order valence-electron chi connectivity index (χ2n) is 3.99. The summed E-state index contributed by atoms with van der Waals surface area (Å²) in [4.78, 5) is 0. The van der Waals surface area contributed by atoms with Crippen LogP contribution in [0.15, 0.2) is 47.1 Å². The van der Waals surface area contributed by atoms with Crippen LogP contribution in [0.25, 0.3) is 0 Å². The summed E-state index contributed by atoms with van der Waals surface area (Å²) < 4.78 is 23.8. The minimum atomic E-state index is -0.308. The Balaban J connectivity index is 1.58. The average Bonchev–Trinajstić information content (AvgIpc) is 2.89. The monoisotopic (exact) mass is 250 g/mol. The fourth-order valence-electron chi connectivity index (χ4n) is 1.64. The molecule has 0 spiro atoms. The third kappa shape index (κ3) is 3.89. The molecule has 0 radical (unpaired) electrons. The minimum Gasteiger partial charge on any atom is -0.490 e. The molecular weight excluding hydrogens is 233 g/mol. The van der Waals surface area contributed by atoms with Crippen LogP contribution in [0.5, 0.6) is 5.75 Å². The van der Waals surface area contributed by atoms with Crippen molar-refractivity contribution in [3.8, 4) is 5.75 Å². The van der Waals surface area contributed by atoms with E-state index in [1.54, 1.807) is 24.5 Å². The highest BCUT2D eigenvalue weighted by Gasteiger charge is 2.01. The van der Waals surface area contributed by atoms with E-state index in [4.69, 9.17) is 9.15 Å². The fraction of sp³-hybridized carbons (Fsp3) is 0.286. The topological polar surface area (TPSA) is 39.0 Å². The van der Waals surface area contributed by atoms with Gasteiger partial charge in [0.05, 0.1) is 19.4 Å². The maximum Gasteiger partial charge on any atom is 0.165 e. The number of rotatable bonds is 7. The van der Waals surface area contributed by atoms with E-state index in [0.29, 0.717) is 12.4 Å². The van der Waals surface area contributed by atoms with Gasteiger partial charge in [-0.05, 0) is 24.3 Å². The Hall–Kier alpha value is -1.81. The van der Waals surface area contributed by atoms with E-state index in [9.17, 15) is 4.39 Å². The third-order valence-corrected chi connectivity index (χ3v) is 2.57. The van der Waals surface area contributed by atoms with Crippen molar-refractivity contribution < 1.29 is 18.9 Å². The van der Waals surface area contributed by atoms with E-state index >= 15 is 0 Å². The maximum absolute atomic E-state index is 13.2. The van der Waals surface area contributed by atoms with Crippen LogP contribution in [0.2, 0.25) is 0 Å². The Morgan fingerprint density at radius 2 is 2.06 bits per heavy atom. The average molecular weight is 250 g/mol. The molecule has 1 aromatic carbocycles. The van der Waals surface area contributed by atoms with Gasteiger partial charge in [0, 0.05) is 6.42 Å². The molecule has 0 atom stereocenters. The van der Waals surface area contributed by atoms with Gasteiger partial charge in [-0.2, -0.15) is 0 Å². The molecule has 2 rings (SSSR count). The first-order chi connectivity index (χ1) is 8.86.